The average molecular weight is 779 g/mol. The van der Waals surface area contributed by atoms with E-state index in [2.05, 4.69) is 30.4 Å². The van der Waals surface area contributed by atoms with Crippen molar-refractivity contribution in [2.75, 3.05) is 50.6 Å². The second-order valence-corrected chi connectivity index (χ2v) is 13.7. The van der Waals surface area contributed by atoms with E-state index in [-0.39, 0.29) is 52.5 Å². The number of rotatable bonds is 9. The van der Waals surface area contributed by atoms with E-state index in [9.17, 15) is 32.7 Å². The summed E-state index contributed by atoms with van der Waals surface area (Å²) >= 11 is 6.14. The lowest BCUT2D eigenvalue weighted by atomic mass is 9.75. The Morgan fingerprint density at radius 1 is 1.13 bits per heavy atom. The molecule has 1 aliphatic carbocycles. The standard InChI is InChI=1S/C36H34ClF3N10O5/c1-20-30(52)29(43-19-42-20)33(54)48-12-10-35(11-13-48)9-8-25-28(35)32(53)50-34(45-31(46-50)21-4-7-26(41-17-21)47(2)14-15-55-3)49(25)18-27(51)44-24-6-5-22(16-23(24)37)36(38,39)40/h4-9,16-17,19,52H,10-15,18H2,1-3H3,(H,44,51). The van der Waals surface area contributed by atoms with Crippen LogP contribution in [-0.2, 0) is 27.7 Å². The number of allylic oxidation sites excluding steroid dienone is 1. The van der Waals surface area contributed by atoms with E-state index in [1.165, 1.54) is 10.9 Å². The van der Waals surface area contributed by atoms with Gasteiger partial charge in [-0.3, -0.25) is 14.4 Å². The van der Waals surface area contributed by atoms with Gasteiger partial charge in [-0.1, -0.05) is 17.7 Å². The van der Waals surface area contributed by atoms with Gasteiger partial charge in [-0.25, -0.2) is 15.0 Å². The molecule has 2 N–H and O–H groups in total. The van der Waals surface area contributed by atoms with Gasteiger partial charge in [0.05, 0.1) is 39.8 Å². The molecule has 0 saturated carbocycles. The number of amides is 2. The number of ether oxygens (including phenoxy) is 1. The molecule has 19 heteroatoms. The van der Waals surface area contributed by atoms with Crippen molar-refractivity contribution >= 4 is 46.8 Å². The van der Waals surface area contributed by atoms with Crippen molar-refractivity contribution in [3.8, 4) is 17.1 Å². The van der Waals surface area contributed by atoms with E-state index in [0.29, 0.717) is 48.6 Å². The lowest BCUT2D eigenvalue weighted by molar-refractivity contribution is -0.137. The Labute approximate surface area is 316 Å². The van der Waals surface area contributed by atoms with Crippen molar-refractivity contribution in [2.24, 2.45) is 0 Å². The van der Waals surface area contributed by atoms with Crippen molar-refractivity contribution in [3.63, 3.8) is 0 Å². The number of carbonyl (C=O) groups is 2. The summed E-state index contributed by atoms with van der Waals surface area (Å²) in [6, 6.07) is 6.14. The molecule has 2 amide bonds. The maximum absolute atomic E-state index is 14.4. The van der Waals surface area contributed by atoms with Crippen molar-refractivity contribution in [3.05, 3.63) is 92.5 Å². The minimum Gasteiger partial charge on any atom is -0.504 e. The number of pyridine rings is 1. The summed E-state index contributed by atoms with van der Waals surface area (Å²) < 4.78 is 47.6. The van der Waals surface area contributed by atoms with E-state index < -0.39 is 41.1 Å². The molecule has 0 atom stereocenters. The maximum atomic E-state index is 14.4. The van der Waals surface area contributed by atoms with Crippen LogP contribution in [0.25, 0.3) is 23.2 Å². The molecule has 0 radical (unpaired) electrons. The fraction of sp³-hybridized carbons (Fsp3) is 0.333. The number of benzene rings is 1. The van der Waals surface area contributed by atoms with Gasteiger partial charge in [0.1, 0.15) is 18.7 Å². The van der Waals surface area contributed by atoms with Gasteiger partial charge in [0.2, 0.25) is 11.7 Å². The number of anilines is 2. The molecule has 1 aliphatic heterocycles. The number of nitrogens with one attached hydrogen (secondary N) is 1. The lowest BCUT2D eigenvalue weighted by Gasteiger charge is -2.38. The monoisotopic (exact) mass is 778 g/mol. The number of carbonyl (C=O) groups excluding carboxylic acids is 2. The average Bonchev–Trinajstić information content (AvgIpc) is 3.77. The number of likely N-dealkylation sites (tertiary alicyclic amines) is 1. The first-order valence-corrected chi connectivity index (χ1v) is 17.4. The van der Waals surface area contributed by atoms with Crippen molar-refractivity contribution in [1.29, 1.82) is 0 Å². The van der Waals surface area contributed by atoms with Crippen LogP contribution in [0, 0.1) is 6.92 Å². The van der Waals surface area contributed by atoms with Gasteiger partial charge in [-0.05, 0) is 56.2 Å². The number of fused-ring (bicyclic) bond motifs is 3. The molecule has 1 fully saturated rings. The van der Waals surface area contributed by atoms with Crippen LogP contribution in [0.4, 0.5) is 24.7 Å². The van der Waals surface area contributed by atoms with E-state index in [4.69, 9.17) is 16.3 Å². The number of likely N-dealkylation sites (N-methyl/N-ethyl adjacent to an activating group) is 1. The van der Waals surface area contributed by atoms with Crippen molar-refractivity contribution in [2.45, 2.75) is 37.9 Å². The molecule has 5 heterocycles. The summed E-state index contributed by atoms with van der Waals surface area (Å²) in [7, 11) is 3.47. The first-order valence-electron chi connectivity index (χ1n) is 17.1. The first kappa shape index (κ1) is 37.4. The van der Waals surface area contributed by atoms with Gasteiger partial charge in [0.25, 0.3) is 11.5 Å². The highest BCUT2D eigenvalue weighted by Crippen LogP contribution is 2.43. The number of alkyl halides is 3. The highest BCUT2D eigenvalue weighted by Gasteiger charge is 2.44. The van der Waals surface area contributed by atoms with Crippen molar-refractivity contribution < 1.29 is 32.6 Å². The quantitative estimate of drug-likeness (QED) is 0.218. The SMILES string of the molecule is COCCN(C)c1ccc(-c2nc3n(CC(=O)Nc4ccc(C(F)(F)F)cc4Cl)c4c(c(=O)n3n2)C2(C=C4)CCN(C(=O)c3ncnc(C)c3O)CC2)cn1. The number of aromatic hydroxyl groups is 1. The molecule has 2 aliphatic rings. The Hall–Kier alpha value is -5.88. The number of hydrogen-bond acceptors (Lipinski definition) is 11. The first-order chi connectivity index (χ1) is 26.2. The summed E-state index contributed by atoms with van der Waals surface area (Å²) in [5.41, 5.74) is -0.939. The number of halogens is 4. The highest BCUT2D eigenvalue weighted by atomic mass is 35.5. The molecule has 1 spiro atoms. The molecular weight excluding hydrogens is 745 g/mol. The van der Waals surface area contributed by atoms with Gasteiger partial charge < -0.3 is 29.5 Å². The fourth-order valence-corrected chi connectivity index (χ4v) is 7.05. The van der Waals surface area contributed by atoms with E-state index in [0.717, 1.165) is 22.7 Å². The van der Waals surface area contributed by atoms with Crippen LogP contribution in [0.1, 0.15) is 45.8 Å². The zero-order chi connectivity index (χ0) is 39.2. The largest absolute Gasteiger partial charge is 0.504 e. The minimum atomic E-state index is -4.63. The second kappa shape index (κ2) is 14.4. The summed E-state index contributed by atoms with van der Waals surface area (Å²) in [6.45, 7) is 2.68. The molecule has 1 aromatic carbocycles. The molecule has 1 saturated heterocycles. The number of hydrogen-bond donors (Lipinski definition) is 2. The van der Waals surface area contributed by atoms with E-state index >= 15 is 0 Å². The van der Waals surface area contributed by atoms with Crippen LogP contribution in [-0.4, -0.2) is 96.3 Å². The molecule has 7 rings (SSSR count). The summed E-state index contributed by atoms with van der Waals surface area (Å²) in [5, 5.41) is 17.3. The third-order valence-electron chi connectivity index (χ3n) is 9.89. The Morgan fingerprint density at radius 2 is 1.89 bits per heavy atom. The van der Waals surface area contributed by atoms with E-state index in [1.54, 1.807) is 43.3 Å². The third kappa shape index (κ3) is 6.98. The summed E-state index contributed by atoms with van der Waals surface area (Å²) in [6.07, 6.45) is 2.40. The Kier molecular flexibility index (Phi) is 9.81. The molecule has 0 unspecified atom stereocenters. The Balaban J connectivity index is 1.25. The molecule has 4 aromatic heterocycles. The van der Waals surface area contributed by atoms with Crippen molar-refractivity contribution in [1.82, 2.24) is 39.0 Å². The predicted molar refractivity (Wildman–Crippen MR) is 195 cm³/mol. The van der Waals surface area contributed by atoms with Gasteiger partial charge in [0.15, 0.2) is 17.3 Å². The Morgan fingerprint density at radius 3 is 2.56 bits per heavy atom. The number of aromatic nitrogens is 7. The Bertz CT molecular complexity index is 2410. The van der Waals surface area contributed by atoms with Gasteiger partial charge in [0, 0.05) is 51.0 Å². The van der Waals surface area contributed by atoms with Crippen LogP contribution in [0.3, 0.4) is 0 Å². The smallest absolute Gasteiger partial charge is 0.416 e. The van der Waals surface area contributed by atoms with Crippen LogP contribution in [0.15, 0.2) is 53.7 Å². The zero-order valence-electron chi connectivity index (χ0n) is 29.8. The molecular formula is C36H34ClF3N10O5. The van der Waals surface area contributed by atoms with Gasteiger partial charge >= 0.3 is 6.18 Å². The fourth-order valence-electron chi connectivity index (χ4n) is 6.83. The number of methoxy groups -OCH3 is 1. The topological polar surface area (TPSA) is 173 Å². The van der Waals surface area contributed by atoms with E-state index in [1.807, 2.05) is 18.0 Å². The predicted octanol–water partition coefficient (Wildman–Crippen LogP) is 4.35. The van der Waals surface area contributed by atoms with Crippen LogP contribution >= 0.6 is 11.6 Å². The van der Waals surface area contributed by atoms with Gasteiger partial charge in [-0.15, -0.1) is 5.10 Å². The normalized spacial score (nSPS) is 14.8. The van der Waals surface area contributed by atoms with Crippen LogP contribution in [0.2, 0.25) is 5.02 Å². The molecule has 286 valence electrons. The second-order valence-electron chi connectivity index (χ2n) is 13.3. The molecule has 55 heavy (non-hydrogen) atoms. The zero-order valence-corrected chi connectivity index (χ0v) is 30.5. The maximum Gasteiger partial charge on any atom is 0.416 e. The highest BCUT2D eigenvalue weighted by molar-refractivity contribution is 6.33. The van der Waals surface area contributed by atoms with Gasteiger partial charge in [-0.2, -0.15) is 22.7 Å². The lowest BCUT2D eigenvalue weighted by Crippen LogP contribution is -2.46. The molecule has 0 bridgehead atoms. The molecule has 15 nitrogen and oxygen atoms in total. The number of aryl methyl sites for hydroxylation is 1. The number of piperidine rings is 1. The third-order valence-corrected chi connectivity index (χ3v) is 10.2. The van der Waals surface area contributed by atoms with Crippen LogP contribution < -0.4 is 15.8 Å². The minimum absolute atomic E-state index is 0.0360. The van der Waals surface area contributed by atoms with Crippen LogP contribution in [0.5, 0.6) is 5.75 Å². The number of nitrogens with zero attached hydrogens (tertiary/aromatic N) is 9. The summed E-state index contributed by atoms with van der Waals surface area (Å²) in [4.78, 5) is 61.9. The summed E-state index contributed by atoms with van der Waals surface area (Å²) in [5.74, 6) is -0.556. The molecule has 5 aromatic rings.